The summed E-state index contributed by atoms with van der Waals surface area (Å²) in [5.41, 5.74) is 1.05. The Morgan fingerprint density at radius 1 is 1.15 bits per heavy atom. The number of rotatable bonds is 8. The summed E-state index contributed by atoms with van der Waals surface area (Å²) in [5.74, 6) is -0.655. The molecule has 0 saturated heterocycles. The highest BCUT2D eigenvalue weighted by molar-refractivity contribution is 7.10. The molecular formula is C20H21NO4S. The molecular weight excluding hydrogens is 350 g/mol. The third-order valence-electron chi connectivity index (χ3n) is 3.36. The second-order valence-electron chi connectivity index (χ2n) is 6.10. The van der Waals surface area contributed by atoms with Gasteiger partial charge in [0.2, 0.25) is 5.91 Å². The SMILES string of the molecule is CC(C)CC(=O)Nc1ccc(C(=O)COC(=O)/C=C/c2cccs2)cc1. The van der Waals surface area contributed by atoms with Gasteiger partial charge < -0.3 is 10.1 Å². The summed E-state index contributed by atoms with van der Waals surface area (Å²) in [7, 11) is 0. The van der Waals surface area contributed by atoms with E-state index < -0.39 is 5.97 Å². The van der Waals surface area contributed by atoms with Gasteiger partial charge in [-0.1, -0.05) is 19.9 Å². The molecule has 1 amide bonds. The van der Waals surface area contributed by atoms with Gasteiger partial charge in [0.25, 0.3) is 0 Å². The van der Waals surface area contributed by atoms with Gasteiger partial charge in [-0.15, -0.1) is 11.3 Å². The van der Waals surface area contributed by atoms with Crippen LogP contribution in [0.4, 0.5) is 5.69 Å². The van der Waals surface area contributed by atoms with Crippen LogP contribution in [0.25, 0.3) is 6.08 Å². The van der Waals surface area contributed by atoms with E-state index in [1.807, 2.05) is 31.4 Å². The molecule has 136 valence electrons. The average Bonchev–Trinajstić information content (AvgIpc) is 3.11. The molecule has 0 aliphatic rings. The minimum absolute atomic E-state index is 0.0643. The molecule has 0 spiro atoms. The van der Waals surface area contributed by atoms with E-state index >= 15 is 0 Å². The summed E-state index contributed by atoms with van der Waals surface area (Å²) in [4.78, 5) is 36.4. The molecule has 26 heavy (non-hydrogen) atoms. The first-order valence-electron chi connectivity index (χ1n) is 8.25. The summed E-state index contributed by atoms with van der Waals surface area (Å²) in [5, 5.41) is 4.68. The first-order valence-corrected chi connectivity index (χ1v) is 9.13. The van der Waals surface area contributed by atoms with Crippen LogP contribution in [0.1, 0.15) is 35.5 Å². The first kappa shape index (κ1) is 19.6. The first-order chi connectivity index (χ1) is 12.4. The van der Waals surface area contributed by atoms with Crippen molar-refractivity contribution in [1.29, 1.82) is 0 Å². The molecule has 6 heteroatoms. The van der Waals surface area contributed by atoms with Crippen LogP contribution >= 0.6 is 11.3 Å². The largest absolute Gasteiger partial charge is 0.454 e. The molecule has 0 aliphatic heterocycles. The summed E-state index contributed by atoms with van der Waals surface area (Å²) < 4.78 is 4.95. The number of anilines is 1. The lowest BCUT2D eigenvalue weighted by atomic mass is 10.1. The number of carbonyl (C=O) groups excluding carboxylic acids is 3. The van der Waals surface area contributed by atoms with E-state index in [1.165, 1.54) is 17.4 Å². The van der Waals surface area contributed by atoms with E-state index in [1.54, 1.807) is 30.3 Å². The summed E-state index contributed by atoms with van der Waals surface area (Å²) in [6, 6.07) is 10.3. The number of ketones is 1. The molecule has 1 aromatic carbocycles. The van der Waals surface area contributed by atoms with E-state index in [0.717, 1.165) is 4.88 Å². The van der Waals surface area contributed by atoms with Crippen molar-refractivity contribution in [2.45, 2.75) is 20.3 Å². The maximum absolute atomic E-state index is 12.1. The molecule has 1 heterocycles. The second-order valence-corrected chi connectivity index (χ2v) is 7.08. The highest BCUT2D eigenvalue weighted by atomic mass is 32.1. The summed E-state index contributed by atoms with van der Waals surface area (Å²) in [6.07, 6.45) is 3.38. The van der Waals surface area contributed by atoms with Crippen molar-refractivity contribution in [2.24, 2.45) is 5.92 Å². The minimum Gasteiger partial charge on any atom is -0.454 e. The van der Waals surface area contributed by atoms with Crippen molar-refractivity contribution in [3.63, 3.8) is 0 Å². The van der Waals surface area contributed by atoms with Crippen molar-refractivity contribution in [3.8, 4) is 0 Å². The number of hydrogen-bond acceptors (Lipinski definition) is 5. The van der Waals surface area contributed by atoms with Crippen molar-refractivity contribution in [2.75, 3.05) is 11.9 Å². The fourth-order valence-electron chi connectivity index (χ4n) is 2.13. The Morgan fingerprint density at radius 3 is 2.50 bits per heavy atom. The van der Waals surface area contributed by atoms with Gasteiger partial charge >= 0.3 is 5.97 Å². The number of benzene rings is 1. The van der Waals surface area contributed by atoms with Crippen LogP contribution in [-0.4, -0.2) is 24.3 Å². The van der Waals surface area contributed by atoms with E-state index in [9.17, 15) is 14.4 Å². The predicted octanol–water partition coefficient (Wildman–Crippen LogP) is 4.17. The number of thiophene rings is 1. The van der Waals surface area contributed by atoms with E-state index in [2.05, 4.69) is 5.32 Å². The lowest BCUT2D eigenvalue weighted by Crippen LogP contribution is -2.14. The molecule has 2 aromatic rings. The quantitative estimate of drug-likeness (QED) is 0.429. The molecule has 2 rings (SSSR count). The van der Waals surface area contributed by atoms with Gasteiger partial charge in [-0.3, -0.25) is 9.59 Å². The number of nitrogens with one attached hydrogen (secondary N) is 1. The van der Waals surface area contributed by atoms with E-state index in [4.69, 9.17) is 4.74 Å². The van der Waals surface area contributed by atoms with Gasteiger partial charge in [0.1, 0.15) is 0 Å². The van der Waals surface area contributed by atoms with Crippen molar-refractivity contribution in [1.82, 2.24) is 0 Å². The van der Waals surface area contributed by atoms with Crippen LogP contribution in [0.15, 0.2) is 47.9 Å². The lowest BCUT2D eigenvalue weighted by Gasteiger charge is -2.08. The molecule has 0 unspecified atom stereocenters. The molecule has 0 radical (unpaired) electrons. The number of carbonyl (C=O) groups is 3. The number of hydrogen-bond donors (Lipinski definition) is 1. The summed E-state index contributed by atoms with van der Waals surface area (Å²) >= 11 is 1.50. The van der Waals surface area contributed by atoms with Gasteiger partial charge in [0.05, 0.1) is 0 Å². The molecule has 1 N–H and O–H groups in total. The van der Waals surface area contributed by atoms with Crippen LogP contribution in [0.5, 0.6) is 0 Å². The fraction of sp³-hybridized carbons (Fsp3) is 0.250. The maximum atomic E-state index is 12.1. The highest BCUT2D eigenvalue weighted by Crippen LogP contribution is 2.12. The Bertz CT molecular complexity index is 777. The normalized spacial score (nSPS) is 10.9. The topological polar surface area (TPSA) is 72.5 Å². The zero-order valence-corrected chi connectivity index (χ0v) is 15.5. The number of Topliss-reactive ketones (excluding diaryl/α,β-unsaturated/α-hetero) is 1. The Balaban J connectivity index is 1.82. The van der Waals surface area contributed by atoms with Gasteiger partial charge in [0.15, 0.2) is 12.4 Å². The third kappa shape index (κ3) is 6.64. The molecule has 1 aromatic heterocycles. The molecule has 0 aliphatic carbocycles. The Labute approximate surface area is 156 Å². The van der Waals surface area contributed by atoms with Crippen LogP contribution in [0.3, 0.4) is 0 Å². The molecule has 0 fully saturated rings. The van der Waals surface area contributed by atoms with Crippen molar-refractivity contribution in [3.05, 3.63) is 58.3 Å². The Hall–Kier alpha value is -2.73. The van der Waals surface area contributed by atoms with Gasteiger partial charge in [-0.25, -0.2) is 4.79 Å². The minimum atomic E-state index is -0.565. The summed E-state index contributed by atoms with van der Waals surface area (Å²) in [6.45, 7) is 3.61. The van der Waals surface area contributed by atoms with Crippen LogP contribution in [-0.2, 0) is 14.3 Å². The third-order valence-corrected chi connectivity index (χ3v) is 4.19. The maximum Gasteiger partial charge on any atom is 0.331 e. The average molecular weight is 371 g/mol. The molecule has 0 bridgehead atoms. The molecule has 5 nitrogen and oxygen atoms in total. The Kier molecular flexibility index (Phi) is 7.29. The Morgan fingerprint density at radius 2 is 1.88 bits per heavy atom. The standard InChI is InChI=1S/C20H21NO4S/c1-14(2)12-19(23)21-16-7-5-15(6-8-16)18(22)13-25-20(24)10-9-17-4-3-11-26-17/h3-11,14H,12-13H2,1-2H3,(H,21,23)/b10-9+. The van der Waals surface area contributed by atoms with Gasteiger partial charge in [0, 0.05) is 28.6 Å². The fourth-order valence-corrected chi connectivity index (χ4v) is 2.74. The zero-order valence-electron chi connectivity index (χ0n) is 14.7. The van der Waals surface area contributed by atoms with Crippen molar-refractivity contribution < 1.29 is 19.1 Å². The van der Waals surface area contributed by atoms with E-state index in [-0.39, 0.29) is 24.2 Å². The monoisotopic (exact) mass is 371 g/mol. The molecule has 0 atom stereocenters. The number of ether oxygens (including phenoxy) is 1. The van der Waals surface area contributed by atoms with Gasteiger partial charge in [-0.05, 0) is 47.7 Å². The van der Waals surface area contributed by atoms with Crippen LogP contribution < -0.4 is 5.32 Å². The van der Waals surface area contributed by atoms with Crippen LogP contribution in [0, 0.1) is 5.92 Å². The smallest absolute Gasteiger partial charge is 0.331 e. The number of amides is 1. The van der Waals surface area contributed by atoms with Crippen LogP contribution in [0.2, 0.25) is 0 Å². The van der Waals surface area contributed by atoms with E-state index in [0.29, 0.717) is 17.7 Å². The zero-order chi connectivity index (χ0) is 18.9. The predicted molar refractivity (Wildman–Crippen MR) is 103 cm³/mol. The molecule has 0 saturated carbocycles. The number of esters is 1. The van der Waals surface area contributed by atoms with Gasteiger partial charge in [-0.2, -0.15) is 0 Å². The second kappa shape index (κ2) is 9.68. The lowest BCUT2D eigenvalue weighted by molar-refractivity contribution is -0.136. The van der Waals surface area contributed by atoms with Crippen molar-refractivity contribution >= 4 is 40.8 Å². The highest BCUT2D eigenvalue weighted by Gasteiger charge is 2.10.